The van der Waals surface area contributed by atoms with Crippen LogP contribution in [0.3, 0.4) is 0 Å². The van der Waals surface area contributed by atoms with Crippen LogP contribution in [0.1, 0.15) is 82.3 Å². The fourth-order valence-corrected chi connectivity index (χ4v) is 6.02. The smallest absolute Gasteiger partial charge is 0.229 e. The van der Waals surface area contributed by atoms with Gasteiger partial charge in [-0.05, 0) is 67.8 Å². The lowest BCUT2D eigenvalue weighted by Gasteiger charge is -2.34. The second-order valence-corrected chi connectivity index (χ2v) is 10.4. The molecular weight excluding hydrogens is 388 g/mol. The summed E-state index contributed by atoms with van der Waals surface area (Å²) >= 11 is 0. The van der Waals surface area contributed by atoms with Gasteiger partial charge in [-0.3, -0.25) is 19.4 Å². The summed E-state index contributed by atoms with van der Waals surface area (Å²) in [6, 6.07) is 7.22. The Morgan fingerprint density at radius 2 is 1.71 bits per heavy atom. The van der Waals surface area contributed by atoms with Gasteiger partial charge in [0.05, 0.1) is 7.11 Å². The van der Waals surface area contributed by atoms with Crippen molar-refractivity contribution in [3.05, 3.63) is 29.3 Å². The van der Waals surface area contributed by atoms with E-state index in [1.165, 1.54) is 48.3 Å². The molecule has 2 aliphatic heterocycles. The van der Waals surface area contributed by atoms with Gasteiger partial charge in [0.15, 0.2) is 0 Å². The van der Waals surface area contributed by atoms with Gasteiger partial charge in [-0.1, -0.05) is 38.8 Å². The first-order valence-corrected chi connectivity index (χ1v) is 12.1. The fourth-order valence-electron chi connectivity index (χ4n) is 6.02. The van der Waals surface area contributed by atoms with E-state index in [1.54, 1.807) is 7.11 Å². The van der Waals surface area contributed by atoms with Crippen LogP contribution in [0, 0.1) is 5.41 Å². The van der Waals surface area contributed by atoms with E-state index in [2.05, 4.69) is 23.1 Å². The number of likely N-dealkylation sites (tertiary alicyclic amines) is 2. The van der Waals surface area contributed by atoms with Gasteiger partial charge in [-0.2, -0.15) is 0 Å². The normalized spacial score (nSPS) is 25.5. The third-order valence-corrected chi connectivity index (χ3v) is 7.58. The Morgan fingerprint density at radius 3 is 2.42 bits per heavy atom. The quantitative estimate of drug-likeness (QED) is 0.452. The number of benzene rings is 1. The summed E-state index contributed by atoms with van der Waals surface area (Å²) in [7, 11) is 1.78. The highest BCUT2D eigenvalue weighted by Gasteiger charge is 2.39. The van der Waals surface area contributed by atoms with Crippen molar-refractivity contribution in [1.29, 1.82) is 0 Å². The van der Waals surface area contributed by atoms with E-state index in [4.69, 9.17) is 4.74 Å². The van der Waals surface area contributed by atoms with Crippen molar-refractivity contribution < 1.29 is 14.3 Å². The summed E-state index contributed by atoms with van der Waals surface area (Å²) in [4.78, 5) is 28.7. The van der Waals surface area contributed by atoms with Crippen molar-refractivity contribution >= 4 is 11.8 Å². The molecule has 2 fully saturated rings. The number of hydrogen-bond acceptors (Lipinski definition) is 4. The Bertz CT molecular complexity index is 799. The molecule has 0 unspecified atom stereocenters. The molecule has 2 amide bonds. The second kappa shape index (κ2) is 9.32. The predicted molar refractivity (Wildman–Crippen MR) is 122 cm³/mol. The van der Waals surface area contributed by atoms with E-state index in [0.717, 1.165) is 31.6 Å². The molecule has 2 saturated heterocycles. The molecule has 5 heteroatoms. The zero-order chi connectivity index (χ0) is 22.0. The molecule has 1 aromatic carbocycles. The van der Waals surface area contributed by atoms with Gasteiger partial charge in [0.25, 0.3) is 0 Å². The van der Waals surface area contributed by atoms with Crippen LogP contribution in [0.5, 0.6) is 5.75 Å². The largest absolute Gasteiger partial charge is 0.496 e. The van der Waals surface area contributed by atoms with Gasteiger partial charge in [0.2, 0.25) is 11.8 Å². The lowest BCUT2D eigenvalue weighted by molar-refractivity contribution is -0.152. The number of imide groups is 1. The summed E-state index contributed by atoms with van der Waals surface area (Å²) in [5.74, 6) is 1.74. The molecule has 1 aliphatic carbocycles. The number of amides is 2. The third-order valence-electron chi connectivity index (χ3n) is 7.58. The molecule has 0 saturated carbocycles. The SMILES string of the molecule is COc1cccc2c1CC[C@@H]1[C@H]2CCN1CCCCCCN1C(=O)CC(C)(C)CC1=O. The minimum atomic E-state index is -0.178. The molecule has 0 radical (unpaired) electrons. The number of unbranched alkanes of at least 4 members (excludes halogenated alkanes) is 3. The Hall–Kier alpha value is -1.88. The van der Waals surface area contributed by atoms with Gasteiger partial charge >= 0.3 is 0 Å². The molecule has 0 aromatic heterocycles. The minimum Gasteiger partial charge on any atom is -0.496 e. The van der Waals surface area contributed by atoms with E-state index in [1.807, 2.05) is 13.8 Å². The van der Waals surface area contributed by atoms with Crippen LogP contribution in [-0.2, 0) is 16.0 Å². The van der Waals surface area contributed by atoms with Crippen LogP contribution >= 0.6 is 0 Å². The van der Waals surface area contributed by atoms with Gasteiger partial charge in [0, 0.05) is 31.3 Å². The van der Waals surface area contributed by atoms with Crippen molar-refractivity contribution in [1.82, 2.24) is 9.80 Å². The van der Waals surface area contributed by atoms with E-state index >= 15 is 0 Å². The van der Waals surface area contributed by atoms with Crippen LogP contribution in [-0.4, -0.2) is 54.4 Å². The highest BCUT2D eigenvalue weighted by atomic mass is 16.5. The monoisotopic (exact) mass is 426 g/mol. The third kappa shape index (κ3) is 4.82. The van der Waals surface area contributed by atoms with Crippen LogP contribution in [0.2, 0.25) is 0 Å². The number of rotatable bonds is 8. The summed E-state index contributed by atoms with van der Waals surface area (Å²) in [5, 5.41) is 0. The Labute approximate surface area is 187 Å². The number of nitrogens with zero attached hydrogens (tertiary/aromatic N) is 2. The maximum atomic E-state index is 12.3. The fraction of sp³-hybridized carbons (Fsp3) is 0.692. The van der Waals surface area contributed by atoms with Crippen molar-refractivity contribution in [2.24, 2.45) is 5.41 Å². The maximum Gasteiger partial charge on any atom is 0.229 e. The number of carbonyl (C=O) groups is 2. The summed E-state index contributed by atoms with van der Waals surface area (Å²) in [6.07, 6.45) is 8.96. The topological polar surface area (TPSA) is 49.9 Å². The van der Waals surface area contributed by atoms with Gasteiger partial charge in [0.1, 0.15) is 5.75 Å². The second-order valence-electron chi connectivity index (χ2n) is 10.4. The first kappa shape index (κ1) is 22.3. The van der Waals surface area contributed by atoms with Crippen molar-refractivity contribution in [2.75, 3.05) is 26.7 Å². The summed E-state index contributed by atoms with van der Waals surface area (Å²) in [6.45, 7) is 6.96. The molecule has 5 nitrogen and oxygen atoms in total. The molecule has 4 rings (SSSR count). The number of fused-ring (bicyclic) bond motifs is 3. The van der Waals surface area contributed by atoms with Crippen molar-refractivity contribution in [3.63, 3.8) is 0 Å². The molecule has 2 atom stereocenters. The van der Waals surface area contributed by atoms with Gasteiger partial charge < -0.3 is 4.74 Å². The zero-order valence-electron chi connectivity index (χ0n) is 19.5. The average Bonchev–Trinajstić information content (AvgIpc) is 3.14. The minimum absolute atomic E-state index is 0.0126. The van der Waals surface area contributed by atoms with E-state index in [0.29, 0.717) is 31.3 Å². The molecule has 0 bridgehead atoms. The molecule has 31 heavy (non-hydrogen) atoms. The zero-order valence-corrected chi connectivity index (χ0v) is 19.5. The van der Waals surface area contributed by atoms with Crippen LogP contribution in [0.25, 0.3) is 0 Å². The molecule has 170 valence electrons. The van der Waals surface area contributed by atoms with Gasteiger partial charge in [-0.15, -0.1) is 0 Å². The average molecular weight is 427 g/mol. The summed E-state index contributed by atoms with van der Waals surface area (Å²) < 4.78 is 5.60. The standard InChI is InChI=1S/C26H38N2O3/c1-26(2)17-24(29)28(25(30)18-26)15-7-5-4-6-14-27-16-13-20-19-9-8-10-23(31-3)21(19)11-12-22(20)27/h8-10,20,22H,4-7,11-18H2,1-3H3/t20-,22+/m0/s1. The van der Waals surface area contributed by atoms with Crippen LogP contribution in [0.4, 0.5) is 0 Å². The number of piperidine rings is 1. The van der Waals surface area contributed by atoms with E-state index < -0.39 is 0 Å². The Balaban J connectivity index is 1.19. The first-order valence-electron chi connectivity index (χ1n) is 12.1. The molecule has 0 N–H and O–H groups in total. The molecule has 0 spiro atoms. The van der Waals surface area contributed by atoms with Crippen molar-refractivity contribution in [2.45, 2.75) is 83.6 Å². The lowest BCUT2D eigenvalue weighted by atomic mass is 9.79. The van der Waals surface area contributed by atoms with Crippen LogP contribution in [0.15, 0.2) is 18.2 Å². The van der Waals surface area contributed by atoms with Gasteiger partial charge in [-0.25, -0.2) is 0 Å². The Morgan fingerprint density at radius 1 is 1.00 bits per heavy atom. The first-order chi connectivity index (χ1) is 14.9. The summed E-state index contributed by atoms with van der Waals surface area (Å²) in [5.41, 5.74) is 2.76. The maximum absolute atomic E-state index is 12.3. The lowest BCUT2D eigenvalue weighted by Crippen LogP contribution is -2.46. The van der Waals surface area contributed by atoms with E-state index in [-0.39, 0.29) is 17.2 Å². The highest BCUT2D eigenvalue weighted by Crippen LogP contribution is 2.44. The van der Waals surface area contributed by atoms with Crippen molar-refractivity contribution in [3.8, 4) is 5.75 Å². The Kier molecular flexibility index (Phi) is 6.71. The molecular formula is C26H38N2O3. The number of carbonyl (C=O) groups excluding carboxylic acids is 2. The number of hydrogen-bond donors (Lipinski definition) is 0. The molecule has 1 aromatic rings. The van der Waals surface area contributed by atoms with Crippen LogP contribution < -0.4 is 4.74 Å². The predicted octanol–water partition coefficient (Wildman–Crippen LogP) is 4.53. The number of methoxy groups -OCH3 is 1. The highest BCUT2D eigenvalue weighted by molar-refractivity contribution is 5.98. The molecule has 3 aliphatic rings. The van der Waals surface area contributed by atoms with E-state index in [9.17, 15) is 9.59 Å². The number of ether oxygens (including phenoxy) is 1. The molecule has 2 heterocycles.